The molecule has 0 spiro atoms. The molecule has 1 aromatic carbocycles. The maximum absolute atomic E-state index is 10.1. The van der Waals surface area contributed by atoms with Gasteiger partial charge in [-0.3, -0.25) is 4.90 Å². The van der Waals surface area contributed by atoms with Crippen LogP contribution in [0.25, 0.3) is 0 Å². The van der Waals surface area contributed by atoms with E-state index in [0.29, 0.717) is 11.7 Å². The molecule has 0 radical (unpaired) electrons. The first-order valence-corrected chi connectivity index (χ1v) is 7.39. The molecular weight excluding hydrogens is 252 g/mol. The Labute approximate surface area is 121 Å². The lowest BCUT2D eigenvalue weighted by molar-refractivity contribution is 0.196. The molecule has 0 amide bonds. The van der Waals surface area contributed by atoms with Crippen LogP contribution in [0.5, 0.6) is 11.5 Å². The second-order valence-corrected chi connectivity index (χ2v) is 5.75. The van der Waals surface area contributed by atoms with Crippen LogP contribution < -0.4 is 10.1 Å². The molecule has 1 aliphatic rings. The maximum Gasteiger partial charge on any atom is 0.120 e. The summed E-state index contributed by atoms with van der Waals surface area (Å²) in [6, 6.07) is 5.60. The van der Waals surface area contributed by atoms with Crippen LogP contribution in [0.15, 0.2) is 18.2 Å². The Kier molecular flexibility index (Phi) is 5.26. The first-order valence-electron chi connectivity index (χ1n) is 7.39. The zero-order valence-corrected chi connectivity index (χ0v) is 12.7. The molecule has 0 aromatic heterocycles. The van der Waals surface area contributed by atoms with Crippen molar-refractivity contribution in [2.45, 2.75) is 25.8 Å². The molecule has 1 saturated heterocycles. The Hall–Kier alpha value is -1.26. The van der Waals surface area contributed by atoms with Gasteiger partial charge in [0.25, 0.3) is 0 Å². The molecule has 112 valence electrons. The number of nitrogens with zero attached hydrogens (tertiary/aromatic N) is 1. The van der Waals surface area contributed by atoms with E-state index in [4.69, 9.17) is 4.74 Å². The summed E-state index contributed by atoms with van der Waals surface area (Å²) in [5, 5.41) is 13.5. The molecule has 2 N–H and O–H groups in total. The molecule has 1 fully saturated rings. The van der Waals surface area contributed by atoms with Gasteiger partial charge in [0, 0.05) is 18.2 Å². The smallest absolute Gasteiger partial charge is 0.120 e. The summed E-state index contributed by atoms with van der Waals surface area (Å²) >= 11 is 0. The van der Waals surface area contributed by atoms with Gasteiger partial charge in [-0.15, -0.1) is 0 Å². The fourth-order valence-corrected chi connectivity index (χ4v) is 2.88. The first-order chi connectivity index (χ1) is 9.61. The second kappa shape index (κ2) is 6.95. The molecule has 20 heavy (non-hydrogen) atoms. The summed E-state index contributed by atoms with van der Waals surface area (Å²) in [5.41, 5.74) is 0.926. The van der Waals surface area contributed by atoms with Gasteiger partial charge in [0.1, 0.15) is 11.5 Å². The van der Waals surface area contributed by atoms with Crippen LogP contribution in [0.4, 0.5) is 0 Å². The molecule has 2 atom stereocenters. The topological polar surface area (TPSA) is 44.7 Å². The second-order valence-electron chi connectivity index (χ2n) is 5.75. The molecule has 1 heterocycles. The summed E-state index contributed by atoms with van der Waals surface area (Å²) in [6.45, 7) is 5.42. The predicted octanol–water partition coefficient (Wildman–Crippen LogP) is 2.39. The number of hydrogen-bond acceptors (Lipinski definition) is 4. The average molecular weight is 278 g/mol. The van der Waals surface area contributed by atoms with Gasteiger partial charge in [-0.1, -0.05) is 0 Å². The molecule has 0 saturated carbocycles. The van der Waals surface area contributed by atoms with Crippen molar-refractivity contribution < 1.29 is 9.84 Å². The van der Waals surface area contributed by atoms with Crippen LogP contribution in [0.3, 0.4) is 0 Å². The third kappa shape index (κ3) is 3.64. The van der Waals surface area contributed by atoms with Gasteiger partial charge < -0.3 is 15.2 Å². The highest BCUT2D eigenvalue weighted by Gasteiger charge is 2.21. The van der Waals surface area contributed by atoms with Gasteiger partial charge in [0.15, 0.2) is 0 Å². The van der Waals surface area contributed by atoms with E-state index in [1.165, 1.54) is 12.8 Å². The number of hydrogen-bond donors (Lipinski definition) is 2. The van der Waals surface area contributed by atoms with Gasteiger partial charge in [-0.2, -0.15) is 0 Å². The lowest BCUT2D eigenvalue weighted by Gasteiger charge is -2.31. The first kappa shape index (κ1) is 15.1. The molecule has 2 unspecified atom stereocenters. The maximum atomic E-state index is 10.1. The number of phenols is 1. The van der Waals surface area contributed by atoms with E-state index < -0.39 is 0 Å². The van der Waals surface area contributed by atoms with Crippen LogP contribution in [0.2, 0.25) is 0 Å². The molecule has 0 aliphatic carbocycles. The lowest BCUT2D eigenvalue weighted by Crippen LogP contribution is -2.37. The Bertz CT molecular complexity index is 430. The summed E-state index contributed by atoms with van der Waals surface area (Å²) < 4.78 is 5.25. The van der Waals surface area contributed by atoms with E-state index in [1.807, 2.05) is 6.07 Å². The fourth-order valence-electron chi connectivity index (χ4n) is 2.88. The van der Waals surface area contributed by atoms with E-state index in [0.717, 1.165) is 30.9 Å². The highest BCUT2D eigenvalue weighted by atomic mass is 16.5. The van der Waals surface area contributed by atoms with Gasteiger partial charge in [0.2, 0.25) is 0 Å². The highest BCUT2D eigenvalue weighted by Crippen LogP contribution is 2.31. The van der Waals surface area contributed by atoms with Gasteiger partial charge in [-0.05, 0) is 64.0 Å². The fraction of sp³-hybridized carbons (Fsp3) is 0.625. The van der Waals surface area contributed by atoms with Crippen molar-refractivity contribution in [3.63, 3.8) is 0 Å². The monoisotopic (exact) mass is 278 g/mol. The van der Waals surface area contributed by atoms with Gasteiger partial charge >= 0.3 is 0 Å². The number of methoxy groups -OCH3 is 1. The molecule has 1 aliphatic heterocycles. The standard InChI is InChI=1S/C16H26N2O2/c1-12(15-9-14(20-3)6-7-16(15)19)18(2)11-13-5-4-8-17-10-13/h6-7,9,12-13,17,19H,4-5,8,10-11H2,1-3H3. The lowest BCUT2D eigenvalue weighted by atomic mass is 9.97. The average Bonchev–Trinajstić information content (AvgIpc) is 2.48. The van der Waals surface area contributed by atoms with Crippen molar-refractivity contribution in [3.05, 3.63) is 23.8 Å². The predicted molar refractivity (Wildman–Crippen MR) is 81.3 cm³/mol. The van der Waals surface area contributed by atoms with Crippen molar-refractivity contribution >= 4 is 0 Å². The summed E-state index contributed by atoms with van der Waals surface area (Å²) in [6.07, 6.45) is 2.55. The number of benzene rings is 1. The molecular formula is C16H26N2O2. The Balaban J connectivity index is 2.03. The largest absolute Gasteiger partial charge is 0.508 e. The van der Waals surface area contributed by atoms with Crippen LogP contribution in [0, 0.1) is 5.92 Å². The van der Waals surface area contributed by atoms with Crippen LogP contribution in [-0.2, 0) is 0 Å². The molecule has 2 rings (SSSR count). The summed E-state index contributed by atoms with van der Waals surface area (Å²) in [4.78, 5) is 2.31. The summed E-state index contributed by atoms with van der Waals surface area (Å²) in [5.74, 6) is 1.83. The van der Waals surface area contributed by atoms with E-state index in [-0.39, 0.29) is 6.04 Å². The van der Waals surface area contributed by atoms with Crippen molar-refractivity contribution in [2.24, 2.45) is 5.92 Å². The van der Waals surface area contributed by atoms with Crippen LogP contribution in [-0.4, -0.2) is 43.8 Å². The minimum Gasteiger partial charge on any atom is -0.508 e. The molecule has 4 heteroatoms. The van der Waals surface area contributed by atoms with Gasteiger partial charge in [0.05, 0.1) is 7.11 Å². The Morgan fingerprint density at radius 3 is 2.95 bits per heavy atom. The third-order valence-electron chi connectivity index (χ3n) is 4.29. The van der Waals surface area contributed by atoms with Gasteiger partial charge in [-0.25, -0.2) is 0 Å². The number of nitrogens with one attached hydrogen (secondary N) is 1. The summed E-state index contributed by atoms with van der Waals surface area (Å²) in [7, 11) is 3.77. The zero-order valence-electron chi connectivity index (χ0n) is 12.7. The third-order valence-corrected chi connectivity index (χ3v) is 4.29. The highest BCUT2D eigenvalue weighted by molar-refractivity contribution is 5.41. The van der Waals surface area contributed by atoms with E-state index in [1.54, 1.807) is 19.2 Å². The molecule has 1 aromatic rings. The number of phenolic OH excluding ortho intramolecular Hbond substituents is 1. The van der Waals surface area contributed by atoms with E-state index in [2.05, 4.69) is 24.2 Å². The van der Waals surface area contributed by atoms with Crippen LogP contribution >= 0.6 is 0 Å². The SMILES string of the molecule is COc1ccc(O)c(C(C)N(C)CC2CCCNC2)c1. The van der Waals surface area contributed by atoms with Crippen molar-refractivity contribution in [2.75, 3.05) is 33.8 Å². The van der Waals surface area contributed by atoms with E-state index in [9.17, 15) is 5.11 Å². The Morgan fingerprint density at radius 2 is 2.30 bits per heavy atom. The minimum atomic E-state index is 0.173. The molecule has 0 bridgehead atoms. The molecule has 4 nitrogen and oxygen atoms in total. The van der Waals surface area contributed by atoms with Crippen molar-refractivity contribution in [3.8, 4) is 11.5 Å². The number of ether oxygens (including phenoxy) is 1. The number of piperidine rings is 1. The Morgan fingerprint density at radius 1 is 1.50 bits per heavy atom. The number of rotatable bonds is 5. The van der Waals surface area contributed by atoms with Crippen molar-refractivity contribution in [1.29, 1.82) is 0 Å². The minimum absolute atomic E-state index is 0.173. The van der Waals surface area contributed by atoms with Crippen LogP contribution in [0.1, 0.15) is 31.4 Å². The number of aromatic hydroxyl groups is 1. The van der Waals surface area contributed by atoms with Crippen molar-refractivity contribution in [1.82, 2.24) is 10.2 Å². The normalized spacial score (nSPS) is 20.9. The van der Waals surface area contributed by atoms with E-state index >= 15 is 0 Å². The zero-order chi connectivity index (χ0) is 14.5. The quantitative estimate of drug-likeness (QED) is 0.868.